The van der Waals surface area contributed by atoms with Crippen molar-refractivity contribution in [1.82, 2.24) is 4.90 Å². The van der Waals surface area contributed by atoms with E-state index in [2.05, 4.69) is 0 Å². The van der Waals surface area contributed by atoms with Gasteiger partial charge in [0.15, 0.2) is 0 Å². The summed E-state index contributed by atoms with van der Waals surface area (Å²) in [6.07, 6.45) is 7.43. The van der Waals surface area contributed by atoms with E-state index in [-0.39, 0.29) is 18.6 Å². The standard InChI is InChI=1S/C19H27NO3/c1-3-23-18-11-6-15(7-12-18)8-13-19(22)20(2)17-9-4-16(14-21)5-10-17/h6-8,11-13,16-17,21H,3-5,9-10,14H2,1-2H3/b13-8+. The van der Waals surface area contributed by atoms with Crippen LogP contribution in [0.5, 0.6) is 5.75 Å². The van der Waals surface area contributed by atoms with Crippen molar-refractivity contribution in [2.75, 3.05) is 20.3 Å². The Morgan fingerprint density at radius 2 is 1.91 bits per heavy atom. The lowest BCUT2D eigenvalue weighted by atomic mass is 9.86. The zero-order valence-corrected chi connectivity index (χ0v) is 14.1. The quantitative estimate of drug-likeness (QED) is 0.820. The monoisotopic (exact) mass is 317 g/mol. The fraction of sp³-hybridized carbons (Fsp3) is 0.526. The lowest BCUT2D eigenvalue weighted by molar-refractivity contribution is -0.127. The summed E-state index contributed by atoms with van der Waals surface area (Å²) >= 11 is 0. The van der Waals surface area contributed by atoms with Gasteiger partial charge in [-0.1, -0.05) is 12.1 Å². The molecule has 4 heteroatoms. The molecule has 126 valence electrons. The van der Waals surface area contributed by atoms with Crippen molar-refractivity contribution in [2.24, 2.45) is 5.92 Å². The van der Waals surface area contributed by atoms with Gasteiger partial charge in [0, 0.05) is 25.8 Å². The van der Waals surface area contributed by atoms with Crippen LogP contribution in [0.25, 0.3) is 6.08 Å². The average Bonchev–Trinajstić information content (AvgIpc) is 2.60. The van der Waals surface area contributed by atoms with Gasteiger partial charge in [-0.15, -0.1) is 0 Å². The molecule has 0 aliphatic heterocycles. The highest BCUT2D eigenvalue weighted by molar-refractivity contribution is 5.91. The number of ether oxygens (including phenoxy) is 1. The topological polar surface area (TPSA) is 49.8 Å². The van der Waals surface area contributed by atoms with Gasteiger partial charge >= 0.3 is 0 Å². The molecule has 1 N–H and O–H groups in total. The average molecular weight is 317 g/mol. The van der Waals surface area contributed by atoms with Gasteiger partial charge in [0.25, 0.3) is 0 Å². The summed E-state index contributed by atoms with van der Waals surface area (Å²) in [4.78, 5) is 14.1. The molecule has 0 heterocycles. The van der Waals surface area contributed by atoms with Crippen LogP contribution in [0.15, 0.2) is 30.3 Å². The largest absolute Gasteiger partial charge is 0.494 e. The molecule has 2 rings (SSSR count). The van der Waals surface area contributed by atoms with Gasteiger partial charge in [0.2, 0.25) is 5.91 Å². The number of benzene rings is 1. The number of hydrogen-bond donors (Lipinski definition) is 1. The Kier molecular flexibility index (Phi) is 6.66. The lowest BCUT2D eigenvalue weighted by Crippen LogP contribution is -2.39. The summed E-state index contributed by atoms with van der Waals surface area (Å²) in [5.41, 5.74) is 0.985. The first-order chi connectivity index (χ1) is 11.1. The number of hydrogen-bond acceptors (Lipinski definition) is 3. The fourth-order valence-corrected chi connectivity index (χ4v) is 3.02. The molecule has 0 unspecified atom stereocenters. The van der Waals surface area contributed by atoms with Gasteiger partial charge in [-0.3, -0.25) is 4.79 Å². The molecule has 1 amide bonds. The molecular formula is C19H27NO3. The smallest absolute Gasteiger partial charge is 0.246 e. The molecule has 0 aromatic heterocycles. The minimum atomic E-state index is 0.0336. The summed E-state index contributed by atoms with van der Waals surface area (Å²) < 4.78 is 5.40. The van der Waals surface area contributed by atoms with Crippen molar-refractivity contribution in [1.29, 1.82) is 0 Å². The van der Waals surface area contributed by atoms with E-state index in [4.69, 9.17) is 4.74 Å². The molecule has 0 radical (unpaired) electrons. The predicted molar refractivity (Wildman–Crippen MR) is 92.2 cm³/mol. The van der Waals surface area contributed by atoms with Crippen molar-refractivity contribution in [2.45, 2.75) is 38.6 Å². The molecular weight excluding hydrogens is 290 g/mol. The molecule has 0 saturated heterocycles. The first kappa shape index (κ1) is 17.5. The van der Waals surface area contributed by atoms with Crippen LogP contribution in [0.1, 0.15) is 38.2 Å². The summed E-state index contributed by atoms with van der Waals surface area (Å²) in [7, 11) is 1.87. The minimum Gasteiger partial charge on any atom is -0.494 e. The van der Waals surface area contributed by atoms with Gasteiger partial charge in [-0.2, -0.15) is 0 Å². The predicted octanol–water partition coefficient (Wildman–Crippen LogP) is 3.11. The molecule has 4 nitrogen and oxygen atoms in total. The second kappa shape index (κ2) is 8.73. The van der Waals surface area contributed by atoms with Gasteiger partial charge in [0.1, 0.15) is 5.75 Å². The summed E-state index contributed by atoms with van der Waals surface area (Å²) in [5, 5.41) is 9.19. The normalized spacial score (nSPS) is 21.3. The molecule has 1 fully saturated rings. The third-order valence-electron chi connectivity index (χ3n) is 4.58. The summed E-state index contributed by atoms with van der Waals surface area (Å²) in [6.45, 7) is 2.87. The number of amides is 1. The fourth-order valence-electron chi connectivity index (χ4n) is 3.02. The van der Waals surface area contributed by atoms with Gasteiger partial charge in [-0.05, 0) is 62.3 Å². The van der Waals surface area contributed by atoms with Crippen LogP contribution in [0, 0.1) is 5.92 Å². The minimum absolute atomic E-state index is 0.0336. The van der Waals surface area contributed by atoms with E-state index in [0.29, 0.717) is 12.5 Å². The number of carbonyl (C=O) groups excluding carboxylic acids is 1. The Morgan fingerprint density at radius 1 is 1.26 bits per heavy atom. The number of carbonyl (C=O) groups is 1. The molecule has 0 bridgehead atoms. The molecule has 0 atom stereocenters. The number of nitrogens with zero attached hydrogens (tertiary/aromatic N) is 1. The van der Waals surface area contributed by atoms with Crippen LogP contribution in [0.4, 0.5) is 0 Å². The SMILES string of the molecule is CCOc1ccc(/C=C/C(=O)N(C)C2CCC(CO)CC2)cc1. The molecule has 1 saturated carbocycles. The van der Waals surface area contributed by atoms with E-state index in [1.54, 1.807) is 6.08 Å². The van der Waals surface area contributed by atoms with Gasteiger partial charge < -0.3 is 14.7 Å². The molecule has 0 spiro atoms. The van der Waals surface area contributed by atoms with Gasteiger partial charge in [0.05, 0.1) is 6.61 Å². The zero-order valence-electron chi connectivity index (χ0n) is 14.1. The van der Waals surface area contributed by atoms with Crippen molar-refractivity contribution in [3.63, 3.8) is 0 Å². The maximum atomic E-state index is 12.3. The second-order valence-electron chi connectivity index (χ2n) is 6.14. The van der Waals surface area contributed by atoms with E-state index in [0.717, 1.165) is 37.0 Å². The van der Waals surface area contributed by atoms with Crippen LogP contribution in [-0.4, -0.2) is 42.2 Å². The van der Waals surface area contributed by atoms with Crippen LogP contribution in [0.3, 0.4) is 0 Å². The number of likely N-dealkylation sites (N-methyl/N-ethyl adjacent to an activating group) is 1. The first-order valence-electron chi connectivity index (χ1n) is 8.42. The molecule has 1 aliphatic carbocycles. The van der Waals surface area contributed by atoms with E-state index < -0.39 is 0 Å². The van der Waals surface area contributed by atoms with Crippen LogP contribution < -0.4 is 4.74 Å². The molecule has 1 aromatic rings. The van der Waals surface area contributed by atoms with E-state index >= 15 is 0 Å². The Bertz CT molecular complexity index is 516. The Morgan fingerprint density at radius 3 is 2.48 bits per heavy atom. The zero-order chi connectivity index (χ0) is 16.7. The Balaban J connectivity index is 1.87. The summed E-state index contributed by atoms with van der Waals surface area (Å²) in [6, 6.07) is 8.00. The van der Waals surface area contributed by atoms with E-state index in [9.17, 15) is 9.90 Å². The third kappa shape index (κ3) is 5.10. The van der Waals surface area contributed by atoms with Crippen molar-refractivity contribution >= 4 is 12.0 Å². The molecule has 1 aliphatic rings. The maximum Gasteiger partial charge on any atom is 0.246 e. The van der Waals surface area contributed by atoms with Crippen LogP contribution in [0.2, 0.25) is 0 Å². The maximum absolute atomic E-state index is 12.3. The van der Waals surface area contributed by atoms with Crippen LogP contribution in [-0.2, 0) is 4.79 Å². The van der Waals surface area contributed by atoms with Crippen LogP contribution >= 0.6 is 0 Å². The van der Waals surface area contributed by atoms with Gasteiger partial charge in [-0.25, -0.2) is 0 Å². The van der Waals surface area contributed by atoms with E-state index in [1.165, 1.54) is 0 Å². The third-order valence-corrected chi connectivity index (χ3v) is 4.58. The highest BCUT2D eigenvalue weighted by Crippen LogP contribution is 2.26. The Hall–Kier alpha value is -1.81. The number of aliphatic hydroxyl groups is 1. The van der Waals surface area contributed by atoms with E-state index in [1.807, 2.05) is 49.2 Å². The summed E-state index contributed by atoms with van der Waals surface area (Å²) in [5.74, 6) is 1.29. The Labute approximate surface area is 138 Å². The highest BCUT2D eigenvalue weighted by atomic mass is 16.5. The first-order valence-corrected chi connectivity index (χ1v) is 8.42. The van der Waals surface area contributed by atoms with Crippen molar-refractivity contribution in [3.05, 3.63) is 35.9 Å². The molecule has 23 heavy (non-hydrogen) atoms. The number of rotatable bonds is 6. The second-order valence-corrected chi connectivity index (χ2v) is 6.14. The lowest BCUT2D eigenvalue weighted by Gasteiger charge is -2.33. The highest BCUT2D eigenvalue weighted by Gasteiger charge is 2.25. The number of aliphatic hydroxyl groups excluding tert-OH is 1. The van der Waals surface area contributed by atoms with Crippen molar-refractivity contribution in [3.8, 4) is 5.75 Å². The molecule has 1 aromatic carbocycles. The van der Waals surface area contributed by atoms with Crippen molar-refractivity contribution < 1.29 is 14.6 Å².